The number of allylic oxidation sites excluding steroid dienone is 1. The second-order valence-corrected chi connectivity index (χ2v) is 12.6. The first-order valence-electron chi connectivity index (χ1n) is 12.7. The van der Waals surface area contributed by atoms with Gasteiger partial charge in [-0.15, -0.1) is 0 Å². The SMILES string of the molecule is C[C@H](CC[C@@H]1OC1(C)C)[C@H]1CC[C@H]2[C@@H]3CC=C4CC(O)CC[C@]4(C)[C@@H]3CC[C@]12C. The predicted molar refractivity (Wildman–Crippen MR) is 119 cm³/mol. The summed E-state index contributed by atoms with van der Waals surface area (Å²) in [6.45, 7) is 12.3. The zero-order chi connectivity index (χ0) is 20.6. The van der Waals surface area contributed by atoms with Crippen molar-refractivity contribution in [2.45, 2.75) is 117 Å². The van der Waals surface area contributed by atoms with Crippen molar-refractivity contribution in [2.75, 3.05) is 0 Å². The summed E-state index contributed by atoms with van der Waals surface area (Å²) >= 11 is 0. The monoisotopic (exact) mass is 400 g/mol. The molecule has 1 aliphatic heterocycles. The van der Waals surface area contributed by atoms with Gasteiger partial charge in [0.15, 0.2) is 0 Å². The Kier molecular flexibility index (Phi) is 4.84. The molecule has 0 amide bonds. The fraction of sp³-hybridized carbons (Fsp3) is 0.926. The number of ether oxygens (including phenoxy) is 1. The van der Waals surface area contributed by atoms with Crippen molar-refractivity contribution in [3.05, 3.63) is 11.6 Å². The molecule has 0 aromatic carbocycles. The average Bonchev–Trinajstić information content (AvgIpc) is 3.11. The third kappa shape index (κ3) is 3.18. The van der Waals surface area contributed by atoms with E-state index in [9.17, 15) is 5.11 Å². The summed E-state index contributed by atoms with van der Waals surface area (Å²) in [4.78, 5) is 0. The van der Waals surface area contributed by atoms with Gasteiger partial charge in [-0.2, -0.15) is 0 Å². The summed E-state index contributed by atoms with van der Waals surface area (Å²) in [7, 11) is 0. The standard InChI is InChI=1S/C27H44O2/c1-17(6-11-24-25(2,3)29-24)21-9-10-22-20-8-7-18-16-19(28)12-14-26(18,4)23(20)13-15-27(21,22)5/h7,17,19-24,28H,6,8-16H2,1-5H3/t17-,19?,20+,21-,22+,23-,24+,26+,27-/m1/s1. The second-order valence-electron chi connectivity index (χ2n) is 12.6. The Hall–Kier alpha value is -0.340. The largest absolute Gasteiger partial charge is 0.393 e. The Morgan fingerprint density at radius 2 is 1.83 bits per heavy atom. The highest BCUT2D eigenvalue weighted by atomic mass is 16.6. The quantitative estimate of drug-likeness (QED) is 0.430. The second kappa shape index (κ2) is 6.83. The molecule has 5 aliphatic rings. The molecule has 5 rings (SSSR count). The van der Waals surface area contributed by atoms with Crippen molar-refractivity contribution in [3.63, 3.8) is 0 Å². The van der Waals surface area contributed by atoms with E-state index in [0.717, 1.165) is 42.4 Å². The molecule has 29 heavy (non-hydrogen) atoms. The normalized spacial score (nSPS) is 51.4. The molecule has 2 heteroatoms. The zero-order valence-electron chi connectivity index (χ0n) is 19.5. The Balaban J connectivity index is 1.30. The zero-order valence-corrected chi connectivity index (χ0v) is 19.5. The number of hydrogen-bond acceptors (Lipinski definition) is 2. The molecule has 1 heterocycles. The molecule has 1 saturated heterocycles. The molecule has 4 fully saturated rings. The van der Waals surface area contributed by atoms with E-state index in [2.05, 4.69) is 40.7 Å². The minimum atomic E-state index is -0.0862. The number of fused-ring (bicyclic) bond motifs is 5. The van der Waals surface area contributed by atoms with Gasteiger partial charge < -0.3 is 9.84 Å². The molecular formula is C27H44O2. The van der Waals surface area contributed by atoms with E-state index in [1.54, 1.807) is 5.57 Å². The summed E-state index contributed by atoms with van der Waals surface area (Å²) in [5.41, 5.74) is 2.68. The van der Waals surface area contributed by atoms with Gasteiger partial charge in [-0.25, -0.2) is 0 Å². The third-order valence-electron chi connectivity index (χ3n) is 10.9. The van der Waals surface area contributed by atoms with Crippen LogP contribution in [0.5, 0.6) is 0 Å². The van der Waals surface area contributed by atoms with E-state index < -0.39 is 0 Å². The van der Waals surface area contributed by atoms with Crippen LogP contribution >= 0.6 is 0 Å². The Labute approximate surface area is 178 Å². The lowest BCUT2D eigenvalue weighted by Crippen LogP contribution is -2.50. The predicted octanol–water partition coefficient (Wildman–Crippen LogP) is 6.52. The Morgan fingerprint density at radius 3 is 2.55 bits per heavy atom. The fourth-order valence-electron chi connectivity index (χ4n) is 8.97. The molecule has 0 spiro atoms. The van der Waals surface area contributed by atoms with Gasteiger partial charge in [0.25, 0.3) is 0 Å². The van der Waals surface area contributed by atoms with Gasteiger partial charge in [-0.3, -0.25) is 0 Å². The van der Waals surface area contributed by atoms with E-state index in [1.807, 2.05) is 0 Å². The molecule has 4 aliphatic carbocycles. The molecule has 0 bridgehead atoms. The number of aliphatic hydroxyl groups excluding tert-OH is 1. The van der Waals surface area contributed by atoms with Crippen molar-refractivity contribution < 1.29 is 9.84 Å². The molecule has 1 unspecified atom stereocenters. The smallest absolute Gasteiger partial charge is 0.0892 e. The van der Waals surface area contributed by atoms with Crippen LogP contribution in [0, 0.1) is 40.4 Å². The molecule has 0 radical (unpaired) electrons. The fourth-order valence-corrected chi connectivity index (χ4v) is 8.97. The van der Waals surface area contributed by atoms with Crippen LogP contribution in [0.1, 0.15) is 98.8 Å². The maximum Gasteiger partial charge on any atom is 0.0892 e. The number of rotatable bonds is 4. The lowest BCUT2D eigenvalue weighted by Gasteiger charge is -2.58. The maximum atomic E-state index is 10.2. The van der Waals surface area contributed by atoms with E-state index in [-0.39, 0.29) is 11.7 Å². The van der Waals surface area contributed by atoms with E-state index in [4.69, 9.17) is 4.74 Å². The van der Waals surface area contributed by atoms with Crippen LogP contribution in [0.25, 0.3) is 0 Å². The number of epoxide rings is 1. The summed E-state index contributed by atoms with van der Waals surface area (Å²) in [5.74, 6) is 4.41. The molecule has 2 nitrogen and oxygen atoms in total. The third-order valence-corrected chi connectivity index (χ3v) is 10.9. The molecule has 9 atom stereocenters. The molecule has 3 saturated carbocycles. The molecule has 164 valence electrons. The minimum Gasteiger partial charge on any atom is -0.393 e. The Morgan fingerprint density at radius 1 is 1.07 bits per heavy atom. The van der Waals surface area contributed by atoms with Gasteiger partial charge >= 0.3 is 0 Å². The summed E-state index contributed by atoms with van der Waals surface area (Å²) in [6, 6.07) is 0. The minimum absolute atomic E-state index is 0.0862. The van der Waals surface area contributed by atoms with Gasteiger partial charge in [0.05, 0.1) is 17.8 Å². The number of hydrogen-bond donors (Lipinski definition) is 1. The molecular weight excluding hydrogens is 356 g/mol. The van der Waals surface area contributed by atoms with Crippen LogP contribution in [0.4, 0.5) is 0 Å². The van der Waals surface area contributed by atoms with E-state index in [0.29, 0.717) is 16.9 Å². The first kappa shape index (κ1) is 20.6. The van der Waals surface area contributed by atoms with E-state index in [1.165, 1.54) is 51.4 Å². The summed E-state index contributed by atoms with van der Waals surface area (Å²) < 4.78 is 5.86. The van der Waals surface area contributed by atoms with Crippen LogP contribution in [-0.4, -0.2) is 22.9 Å². The van der Waals surface area contributed by atoms with Crippen molar-refractivity contribution >= 4 is 0 Å². The summed E-state index contributed by atoms with van der Waals surface area (Å²) in [5, 5.41) is 10.2. The number of aliphatic hydroxyl groups is 1. The van der Waals surface area contributed by atoms with Crippen LogP contribution in [0.15, 0.2) is 11.6 Å². The lowest BCUT2D eigenvalue weighted by atomic mass is 9.47. The van der Waals surface area contributed by atoms with Crippen LogP contribution < -0.4 is 0 Å². The topological polar surface area (TPSA) is 32.8 Å². The first-order valence-corrected chi connectivity index (χ1v) is 12.7. The van der Waals surface area contributed by atoms with Crippen LogP contribution in [-0.2, 0) is 4.74 Å². The lowest BCUT2D eigenvalue weighted by molar-refractivity contribution is -0.0573. The van der Waals surface area contributed by atoms with Gasteiger partial charge in [0.2, 0.25) is 0 Å². The van der Waals surface area contributed by atoms with E-state index >= 15 is 0 Å². The molecule has 0 aromatic rings. The summed E-state index contributed by atoms with van der Waals surface area (Å²) in [6.07, 6.45) is 15.8. The van der Waals surface area contributed by atoms with Gasteiger partial charge in [-0.1, -0.05) is 32.4 Å². The first-order chi connectivity index (χ1) is 13.6. The molecule has 1 N–H and O–H groups in total. The highest BCUT2D eigenvalue weighted by molar-refractivity contribution is 5.25. The molecule has 0 aromatic heterocycles. The van der Waals surface area contributed by atoms with Crippen LogP contribution in [0.3, 0.4) is 0 Å². The van der Waals surface area contributed by atoms with Crippen molar-refractivity contribution in [1.82, 2.24) is 0 Å². The van der Waals surface area contributed by atoms with Crippen molar-refractivity contribution in [2.24, 2.45) is 40.4 Å². The average molecular weight is 401 g/mol. The van der Waals surface area contributed by atoms with Crippen molar-refractivity contribution in [1.29, 1.82) is 0 Å². The highest BCUT2D eigenvalue weighted by Crippen LogP contribution is 2.67. The van der Waals surface area contributed by atoms with Crippen LogP contribution in [0.2, 0.25) is 0 Å². The highest BCUT2D eigenvalue weighted by Gasteiger charge is 2.59. The van der Waals surface area contributed by atoms with Gasteiger partial charge in [0.1, 0.15) is 0 Å². The van der Waals surface area contributed by atoms with Gasteiger partial charge in [-0.05, 0) is 118 Å². The Bertz CT molecular complexity index is 680. The van der Waals surface area contributed by atoms with Gasteiger partial charge in [0, 0.05) is 0 Å². The maximum absolute atomic E-state index is 10.2. The van der Waals surface area contributed by atoms with Crippen molar-refractivity contribution in [3.8, 4) is 0 Å².